The van der Waals surface area contributed by atoms with Crippen LogP contribution in [0.2, 0.25) is 0 Å². The van der Waals surface area contributed by atoms with Crippen LogP contribution in [-0.4, -0.2) is 52.6 Å². The number of nitrogens with one attached hydrogen (secondary N) is 1. The molecule has 190 valence electrons. The third-order valence-electron chi connectivity index (χ3n) is 5.83. The second-order valence-corrected chi connectivity index (χ2v) is 10.1. The summed E-state index contributed by atoms with van der Waals surface area (Å²) in [5.74, 6) is -3.30. The van der Waals surface area contributed by atoms with E-state index in [1.54, 1.807) is 45.2 Å². The van der Waals surface area contributed by atoms with Crippen LogP contribution in [0.4, 0.5) is 19.3 Å². The molecule has 1 saturated carbocycles. The number of ether oxygens (including phenoxy) is 2. The Morgan fingerprint density at radius 3 is 2.58 bits per heavy atom. The molecule has 4 rings (SSSR count). The van der Waals surface area contributed by atoms with E-state index in [2.05, 4.69) is 10.3 Å². The van der Waals surface area contributed by atoms with Crippen molar-refractivity contribution in [2.75, 3.05) is 18.4 Å². The molecule has 2 amide bonds. The highest BCUT2D eigenvalue weighted by molar-refractivity contribution is 5.94. The van der Waals surface area contributed by atoms with Gasteiger partial charge in [0.15, 0.2) is 6.10 Å². The van der Waals surface area contributed by atoms with Crippen molar-refractivity contribution in [3.8, 4) is 23.1 Å². The monoisotopic (exact) mass is 498 g/mol. The predicted octanol–water partition coefficient (Wildman–Crippen LogP) is 4.99. The van der Waals surface area contributed by atoms with E-state index in [0.29, 0.717) is 16.9 Å². The zero-order valence-electron chi connectivity index (χ0n) is 20.4. The van der Waals surface area contributed by atoms with Gasteiger partial charge in [0.1, 0.15) is 17.4 Å². The molecule has 1 N–H and O–H groups in total. The van der Waals surface area contributed by atoms with Gasteiger partial charge in [0.25, 0.3) is 0 Å². The summed E-state index contributed by atoms with van der Waals surface area (Å²) >= 11 is 0. The average Bonchev–Trinajstić information content (AvgIpc) is 3.65. The van der Waals surface area contributed by atoms with Gasteiger partial charge >= 0.3 is 12.0 Å². The summed E-state index contributed by atoms with van der Waals surface area (Å²) in [6.07, 6.45) is 0.890. The number of benzene rings is 1. The lowest BCUT2D eigenvalue weighted by Crippen LogP contribution is -2.56. The fraction of sp³-hybridized carbons (Fsp3) is 0.462. The molecule has 0 bridgehead atoms. The Bertz CT molecular complexity index is 1200. The van der Waals surface area contributed by atoms with Crippen molar-refractivity contribution < 1.29 is 27.8 Å². The Morgan fingerprint density at radius 1 is 1.19 bits per heavy atom. The molecule has 2 heterocycles. The molecular formula is C26H28F2N4O4. The van der Waals surface area contributed by atoms with Crippen molar-refractivity contribution in [3.05, 3.63) is 42.1 Å². The van der Waals surface area contributed by atoms with Gasteiger partial charge in [0.05, 0.1) is 17.8 Å². The highest BCUT2D eigenvalue weighted by Crippen LogP contribution is 2.35. The van der Waals surface area contributed by atoms with Crippen molar-refractivity contribution in [1.82, 2.24) is 9.88 Å². The summed E-state index contributed by atoms with van der Waals surface area (Å²) in [7, 11) is 0. The minimum absolute atomic E-state index is 0.0230. The number of alkyl halides is 2. The second-order valence-electron chi connectivity index (χ2n) is 10.1. The molecule has 1 aliphatic heterocycles. The zero-order valence-corrected chi connectivity index (χ0v) is 20.4. The first kappa shape index (κ1) is 25.4. The number of carbonyl (C=O) groups excluding carboxylic acids is 2. The number of nitriles is 1. The van der Waals surface area contributed by atoms with E-state index in [9.17, 15) is 23.6 Å². The van der Waals surface area contributed by atoms with Gasteiger partial charge in [-0.25, -0.2) is 13.6 Å². The van der Waals surface area contributed by atoms with Gasteiger partial charge < -0.3 is 19.7 Å². The molecule has 1 aromatic carbocycles. The minimum atomic E-state index is -3.34. The third kappa shape index (κ3) is 6.08. The van der Waals surface area contributed by atoms with Gasteiger partial charge in [-0.05, 0) is 63.9 Å². The standard InChI is InChI=1S/C26H28F2N4O4/c1-25(2,3)36-24(34)32-11-9-22(26(27,28)15-32)35-21-7-6-17(12-18(21)14-29)20-13-19(8-10-30-20)31-23(33)16-4-5-16/h6-8,10,12-13,16,22H,4-5,9,11,15H2,1-3H3,(H,30,31,33)/t22-/m0/s1. The zero-order chi connectivity index (χ0) is 26.1. The normalized spacial score (nSPS) is 19.2. The van der Waals surface area contributed by atoms with E-state index in [0.717, 1.165) is 17.7 Å². The fourth-order valence-corrected chi connectivity index (χ4v) is 3.84. The third-order valence-corrected chi connectivity index (χ3v) is 5.83. The van der Waals surface area contributed by atoms with Crippen molar-refractivity contribution in [1.29, 1.82) is 5.26 Å². The second kappa shape index (κ2) is 9.72. The number of rotatable bonds is 5. The minimum Gasteiger partial charge on any atom is -0.483 e. The number of hydrogen-bond acceptors (Lipinski definition) is 6. The van der Waals surface area contributed by atoms with Crippen LogP contribution in [0, 0.1) is 17.2 Å². The lowest BCUT2D eigenvalue weighted by molar-refractivity contribution is -0.137. The summed E-state index contributed by atoms with van der Waals surface area (Å²) in [4.78, 5) is 29.5. The molecule has 2 aliphatic rings. The molecule has 2 fully saturated rings. The van der Waals surface area contributed by atoms with E-state index in [-0.39, 0.29) is 36.1 Å². The number of carbonyl (C=O) groups is 2. The molecule has 1 aliphatic carbocycles. The maximum absolute atomic E-state index is 14.9. The van der Waals surface area contributed by atoms with Gasteiger partial charge in [-0.2, -0.15) is 5.26 Å². The molecule has 0 radical (unpaired) electrons. The number of likely N-dealkylation sites (tertiary alicyclic amines) is 1. The van der Waals surface area contributed by atoms with Crippen LogP contribution in [-0.2, 0) is 9.53 Å². The van der Waals surface area contributed by atoms with Gasteiger partial charge in [-0.3, -0.25) is 9.78 Å². The molecule has 8 nitrogen and oxygen atoms in total. The lowest BCUT2D eigenvalue weighted by atomic mass is 10.0. The van der Waals surface area contributed by atoms with Gasteiger partial charge in [0, 0.05) is 36.3 Å². The maximum Gasteiger partial charge on any atom is 0.410 e. The van der Waals surface area contributed by atoms with Crippen LogP contribution in [0.25, 0.3) is 11.3 Å². The van der Waals surface area contributed by atoms with E-state index in [4.69, 9.17) is 9.47 Å². The molecule has 2 aromatic rings. The summed E-state index contributed by atoms with van der Waals surface area (Å²) in [5, 5.41) is 12.5. The molecular weight excluding hydrogens is 470 g/mol. The summed E-state index contributed by atoms with van der Waals surface area (Å²) < 4.78 is 40.6. The average molecular weight is 499 g/mol. The Labute approximate surface area is 208 Å². The highest BCUT2D eigenvalue weighted by Gasteiger charge is 2.48. The number of piperidine rings is 1. The molecule has 0 spiro atoms. The smallest absolute Gasteiger partial charge is 0.410 e. The highest BCUT2D eigenvalue weighted by atomic mass is 19.3. The fourth-order valence-electron chi connectivity index (χ4n) is 3.84. The number of amides is 2. The van der Waals surface area contributed by atoms with Crippen molar-refractivity contribution in [3.63, 3.8) is 0 Å². The number of halogens is 2. The first-order valence-electron chi connectivity index (χ1n) is 11.8. The topological polar surface area (TPSA) is 105 Å². The number of hydrogen-bond donors (Lipinski definition) is 1. The number of pyridine rings is 1. The largest absolute Gasteiger partial charge is 0.483 e. The van der Waals surface area contributed by atoms with Crippen LogP contribution in [0.3, 0.4) is 0 Å². The van der Waals surface area contributed by atoms with Crippen LogP contribution >= 0.6 is 0 Å². The number of anilines is 1. The SMILES string of the molecule is CC(C)(C)OC(=O)N1CC[C@H](Oc2ccc(-c3cc(NC(=O)C4CC4)ccn3)cc2C#N)C(F)(F)C1. The Hall–Kier alpha value is -3.74. The first-order chi connectivity index (χ1) is 16.9. The van der Waals surface area contributed by atoms with E-state index < -0.39 is 30.3 Å². The van der Waals surface area contributed by atoms with Crippen LogP contribution < -0.4 is 10.1 Å². The first-order valence-corrected chi connectivity index (χ1v) is 11.8. The molecule has 1 aromatic heterocycles. The van der Waals surface area contributed by atoms with Crippen LogP contribution in [0.15, 0.2) is 36.5 Å². The van der Waals surface area contributed by atoms with E-state index >= 15 is 0 Å². The van der Waals surface area contributed by atoms with Crippen molar-refractivity contribution in [2.45, 2.75) is 57.7 Å². The van der Waals surface area contributed by atoms with Gasteiger partial charge in [-0.15, -0.1) is 0 Å². The molecule has 36 heavy (non-hydrogen) atoms. The number of aromatic nitrogens is 1. The quantitative estimate of drug-likeness (QED) is 0.623. The maximum atomic E-state index is 14.9. The predicted molar refractivity (Wildman–Crippen MR) is 128 cm³/mol. The van der Waals surface area contributed by atoms with E-state index in [1.165, 1.54) is 12.1 Å². The van der Waals surface area contributed by atoms with Crippen molar-refractivity contribution >= 4 is 17.7 Å². The molecule has 1 saturated heterocycles. The van der Waals surface area contributed by atoms with Crippen molar-refractivity contribution in [2.24, 2.45) is 5.92 Å². The summed E-state index contributed by atoms with van der Waals surface area (Å²) in [6, 6.07) is 9.96. The molecule has 1 atom stereocenters. The van der Waals surface area contributed by atoms with Gasteiger partial charge in [-0.1, -0.05) is 0 Å². The summed E-state index contributed by atoms with van der Waals surface area (Å²) in [6.45, 7) is 4.21. The Morgan fingerprint density at radius 2 is 1.94 bits per heavy atom. The van der Waals surface area contributed by atoms with Crippen LogP contribution in [0.1, 0.15) is 45.6 Å². The van der Waals surface area contributed by atoms with Gasteiger partial charge in [0.2, 0.25) is 5.91 Å². The lowest BCUT2D eigenvalue weighted by Gasteiger charge is -2.38. The molecule has 0 unspecified atom stereocenters. The Balaban J connectivity index is 1.46. The molecule has 10 heteroatoms. The summed E-state index contributed by atoms with van der Waals surface area (Å²) in [5.41, 5.74) is 0.968. The number of nitrogens with zero attached hydrogens (tertiary/aromatic N) is 3. The Kier molecular flexibility index (Phi) is 6.85. The van der Waals surface area contributed by atoms with E-state index in [1.807, 2.05) is 6.07 Å². The van der Waals surface area contributed by atoms with Crippen LogP contribution in [0.5, 0.6) is 5.75 Å².